The van der Waals surface area contributed by atoms with Crippen molar-refractivity contribution in [2.24, 2.45) is 5.92 Å². The van der Waals surface area contributed by atoms with Crippen molar-refractivity contribution in [3.05, 3.63) is 23.8 Å². The van der Waals surface area contributed by atoms with Gasteiger partial charge in [0, 0.05) is 18.2 Å². The van der Waals surface area contributed by atoms with E-state index in [0.717, 1.165) is 19.4 Å². The number of carbonyl (C=O) groups is 1. The number of amides is 1. The standard InChI is InChI=1S/C16H21NO3/c1-20-15-7-6-12(10-14(15)18)16(19)17-9-8-11-4-2-3-5-13(11)17/h6-7,10-11,13,18H,2-5,8-9H2,1H3. The molecule has 1 aliphatic heterocycles. The quantitative estimate of drug-likeness (QED) is 0.903. The van der Waals surface area contributed by atoms with Gasteiger partial charge in [-0.2, -0.15) is 0 Å². The molecule has 0 aromatic heterocycles. The van der Waals surface area contributed by atoms with E-state index in [2.05, 4.69) is 0 Å². The van der Waals surface area contributed by atoms with Crippen LogP contribution in [0.1, 0.15) is 42.5 Å². The highest BCUT2D eigenvalue weighted by molar-refractivity contribution is 5.95. The zero-order valence-electron chi connectivity index (χ0n) is 11.8. The number of carbonyl (C=O) groups excluding carboxylic acids is 1. The number of rotatable bonds is 2. The van der Waals surface area contributed by atoms with Crippen molar-refractivity contribution in [1.82, 2.24) is 4.90 Å². The van der Waals surface area contributed by atoms with Crippen molar-refractivity contribution in [3.63, 3.8) is 0 Å². The van der Waals surface area contributed by atoms with Gasteiger partial charge in [0.15, 0.2) is 11.5 Å². The monoisotopic (exact) mass is 275 g/mol. The van der Waals surface area contributed by atoms with E-state index in [9.17, 15) is 9.90 Å². The fourth-order valence-corrected chi connectivity index (χ4v) is 3.65. The molecule has 2 atom stereocenters. The summed E-state index contributed by atoms with van der Waals surface area (Å²) in [6.45, 7) is 0.848. The van der Waals surface area contributed by atoms with E-state index in [1.165, 1.54) is 32.4 Å². The van der Waals surface area contributed by atoms with Crippen LogP contribution in [-0.2, 0) is 0 Å². The third kappa shape index (κ3) is 2.23. The summed E-state index contributed by atoms with van der Waals surface area (Å²) in [6.07, 6.45) is 6.02. The summed E-state index contributed by atoms with van der Waals surface area (Å²) >= 11 is 0. The van der Waals surface area contributed by atoms with Gasteiger partial charge in [-0.05, 0) is 43.4 Å². The number of aromatic hydroxyl groups is 1. The molecule has 2 fully saturated rings. The van der Waals surface area contributed by atoms with E-state index in [1.54, 1.807) is 12.1 Å². The van der Waals surface area contributed by atoms with E-state index in [1.807, 2.05) is 4.90 Å². The molecule has 0 bridgehead atoms. The molecule has 1 heterocycles. The number of nitrogens with zero attached hydrogens (tertiary/aromatic N) is 1. The Kier molecular flexibility index (Phi) is 3.55. The van der Waals surface area contributed by atoms with Crippen LogP contribution >= 0.6 is 0 Å². The van der Waals surface area contributed by atoms with Crippen LogP contribution in [0, 0.1) is 5.92 Å². The molecule has 1 saturated carbocycles. The molecule has 3 rings (SSSR count). The Morgan fingerprint density at radius 3 is 2.85 bits per heavy atom. The van der Waals surface area contributed by atoms with Gasteiger partial charge in [-0.25, -0.2) is 0 Å². The lowest BCUT2D eigenvalue weighted by atomic mass is 9.85. The highest BCUT2D eigenvalue weighted by atomic mass is 16.5. The van der Waals surface area contributed by atoms with Crippen molar-refractivity contribution < 1.29 is 14.6 Å². The first-order valence-corrected chi connectivity index (χ1v) is 7.38. The first-order valence-electron chi connectivity index (χ1n) is 7.38. The molecule has 108 valence electrons. The summed E-state index contributed by atoms with van der Waals surface area (Å²) in [6, 6.07) is 5.30. The number of phenolic OH excluding ortho intramolecular Hbond substituents is 1. The minimum atomic E-state index is 0.0257. The third-order valence-electron chi connectivity index (χ3n) is 4.70. The fourth-order valence-electron chi connectivity index (χ4n) is 3.65. The molecule has 1 aromatic carbocycles. The highest BCUT2D eigenvalue weighted by Gasteiger charge is 2.38. The maximum Gasteiger partial charge on any atom is 0.254 e. The van der Waals surface area contributed by atoms with Crippen LogP contribution in [0.5, 0.6) is 11.5 Å². The number of ether oxygens (including phenoxy) is 1. The maximum absolute atomic E-state index is 12.6. The molecule has 4 heteroatoms. The van der Waals surface area contributed by atoms with Gasteiger partial charge in [-0.3, -0.25) is 4.79 Å². The topological polar surface area (TPSA) is 49.8 Å². The number of benzene rings is 1. The molecule has 1 aliphatic carbocycles. The smallest absolute Gasteiger partial charge is 0.254 e. The van der Waals surface area contributed by atoms with Gasteiger partial charge >= 0.3 is 0 Å². The van der Waals surface area contributed by atoms with Crippen LogP contribution in [0.15, 0.2) is 18.2 Å². The van der Waals surface area contributed by atoms with Crippen LogP contribution in [0.2, 0.25) is 0 Å². The zero-order valence-corrected chi connectivity index (χ0v) is 11.8. The van der Waals surface area contributed by atoms with E-state index in [-0.39, 0.29) is 11.7 Å². The zero-order chi connectivity index (χ0) is 14.1. The van der Waals surface area contributed by atoms with E-state index >= 15 is 0 Å². The molecular formula is C16H21NO3. The minimum absolute atomic E-state index is 0.0257. The lowest BCUT2D eigenvalue weighted by molar-refractivity contribution is 0.0689. The van der Waals surface area contributed by atoms with Gasteiger partial charge in [-0.15, -0.1) is 0 Å². The molecular weight excluding hydrogens is 254 g/mol. The highest BCUT2D eigenvalue weighted by Crippen LogP contribution is 2.37. The molecule has 0 spiro atoms. The molecule has 1 N–H and O–H groups in total. The van der Waals surface area contributed by atoms with Crippen LogP contribution in [0.25, 0.3) is 0 Å². The SMILES string of the molecule is COc1ccc(C(=O)N2CCC3CCCCC32)cc1O. The maximum atomic E-state index is 12.6. The summed E-state index contributed by atoms with van der Waals surface area (Å²) in [7, 11) is 1.50. The Balaban J connectivity index is 1.80. The largest absolute Gasteiger partial charge is 0.504 e. The van der Waals surface area contributed by atoms with Gasteiger partial charge in [0.1, 0.15) is 0 Å². The average Bonchev–Trinajstić information content (AvgIpc) is 2.90. The number of phenols is 1. The Bertz CT molecular complexity index is 514. The molecule has 1 saturated heterocycles. The minimum Gasteiger partial charge on any atom is -0.504 e. The van der Waals surface area contributed by atoms with E-state index in [0.29, 0.717) is 23.3 Å². The second-order valence-corrected chi connectivity index (χ2v) is 5.79. The molecule has 2 unspecified atom stereocenters. The Morgan fingerprint density at radius 2 is 2.10 bits per heavy atom. The molecule has 20 heavy (non-hydrogen) atoms. The van der Waals surface area contributed by atoms with Crippen molar-refractivity contribution in [2.45, 2.75) is 38.1 Å². The predicted molar refractivity (Wildman–Crippen MR) is 76.1 cm³/mol. The molecule has 1 aromatic rings. The van der Waals surface area contributed by atoms with Gasteiger partial charge < -0.3 is 14.7 Å². The Morgan fingerprint density at radius 1 is 1.30 bits per heavy atom. The Hall–Kier alpha value is -1.71. The summed E-state index contributed by atoms with van der Waals surface area (Å²) in [5.41, 5.74) is 0.550. The van der Waals surface area contributed by atoms with Crippen LogP contribution < -0.4 is 4.74 Å². The van der Waals surface area contributed by atoms with Crippen molar-refractivity contribution in [1.29, 1.82) is 0 Å². The first-order chi connectivity index (χ1) is 9.70. The van der Waals surface area contributed by atoms with Gasteiger partial charge in [0.05, 0.1) is 7.11 Å². The van der Waals surface area contributed by atoms with E-state index < -0.39 is 0 Å². The van der Waals surface area contributed by atoms with Crippen LogP contribution in [0.4, 0.5) is 0 Å². The summed E-state index contributed by atoms with van der Waals surface area (Å²) in [5.74, 6) is 1.15. The fraction of sp³-hybridized carbons (Fsp3) is 0.562. The van der Waals surface area contributed by atoms with Crippen molar-refractivity contribution in [3.8, 4) is 11.5 Å². The Labute approximate surface area is 119 Å². The number of hydrogen-bond donors (Lipinski definition) is 1. The average molecular weight is 275 g/mol. The van der Waals surface area contributed by atoms with Gasteiger partial charge in [0.2, 0.25) is 0 Å². The predicted octanol–water partition coefficient (Wildman–Crippen LogP) is 2.81. The normalized spacial score (nSPS) is 25.4. The number of fused-ring (bicyclic) bond motifs is 1. The molecule has 4 nitrogen and oxygen atoms in total. The molecule has 0 radical (unpaired) electrons. The summed E-state index contributed by atoms with van der Waals surface area (Å²) < 4.78 is 5.02. The first kappa shape index (κ1) is 13.3. The van der Waals surface area contributed by atoms with Crippen LogP contribution in [0.3, 0.4) is 0 Å². The lowest BCUT2D eigenvalue weighted by Crippen LogP contribution is -2.39. The second kappa shape index (κ2) is 5.35. The van der Waals surface area contributed by atoms with Crippen molar-refractivity contribution in [2.75, 3.05) is 13.7 Å². The lowest BCUT2D eigenvalue weighted by Gasteiger charge is -2.31. The van der Waals surface area contributed by atoms with Gasteiger partial charge in [0.25, 0.3) is 5.91 Å². The second-order valence-electron chi connectivity index (χ2n) is 5.79. The number of methoxy groups -OCH3 is 1. The van der Waals surface area contributed by atoms with E-state index in [4.69, 9.17) is 4.74 Å². The molecule has 1 amide bonds. The third-order valence-corrected chi connectivity index (χ3v) is 4.70. The number of likely N-dealkylation sites (tertiary alicyclic amines) is 1. The summed E-state index contributed by atoms with van der Waals surface area (Å²) in [5, 5.41) is 9.82. The molecule has 2 aliphatic rings. The van der Waals surface area contributed by atoms with Gasteiger partial charge in [-0.1, -0.05) is 12.8 Å². The van der Waals surface area contributed by atoms with Crippen molar-refractivity contribution >= 4 is 5.91 Å². The van der Waals surface area contributed by atoms with Crippen LogP contribution in [-0.4, -0.2) is 35.6 Å². The summed E-state index contributed by atoms with van der Waals surface area (Å²) in [4.78, 5) is 14.6. The number of hydrogen-bond acceptors (Lipinski definition) is 3.